The van der Waals surface area contributed by atoms with Gasteiger partial charge in [0, 0.05) is 24.8 Å². The minimum Gasteiger partial charge on any atom is -0.387 e. The van der Waals surface area contributed by atoms with E-state index in [9.17, 15) is 5.11 Å². The van der Waals surface area contributed by atoms with Crippen LogP contribution in [0.2, 0.25) is 5.02 Å². The molecule has 3 rings (SSSR count). The SMILES string of the molecule is Cc1c(Cl)cccc1CN1CCC(C(O)c2ccnn2C)CC1. The van der Waals surface area contributed by atoms with Crippen molar-refractivity contribution in [3.05, 3.63) is 52.3 Å². The second-order valence-electron chi connectivity index (χ2n) is 6.46. The van der Waals surface area contributed by atoms with Crippen LogP contribution >= 0.6 is 11.6 Å². The van der Waals surface area contributed by atoms with Gasteiger partial charge in [-0.2, -0.15) is 5.10 Å². The molecule has 1 aromatic heterocycles. The van der Waals surface area contributed by atoms with Gasteiger partial charge in [0.2, 0.25) is 0 Å². The molecule has 23 heavy (non-hydrogen) atoms. The van der Waals surface area contributed by atoms with Gasteiger partial charge in [0.05, 0.1) is 11.8 Å². The topological polar surface area (TPSA) is 41.3 Å². The molecule has 5 heteroatoms. The molecular formula is C18H24ClN3O. The summed E-state index contributed by atoms with van der Waals surface area (Å²) in [4.78, 5) is 2.45. The van der Waals surface area contributed by atoms with Gasteiger partial charge in [0.15, 0.2) is 0 Å². The van der Waals surface area contributed by atoms with E-state index in [4.69, 9.17) is 11.6 Å². The molecule has 1 aliphatic rings. The number of hydrogen-bond acceptors (Lipinski definition) is 3. The van der Waals surface area contributed by atoms with Crippen LogP contribution in [-0.2, 0) is 13.6 Å². The quantitative estimate of drug-likeness (QED) is 0.933. The first-order chi connectivity index (χ1) is 11.1. The molecule has 2 aromatic rings. The van der Waals surface area contributed by atoms with Crippen LogP contribution in [0.4, 0.5) is 0 Å². The zero-order chi connectivity index (χ0) is 16.4. The standard InChI is InChI=1S/C18H24ClN3O/c1-13-15(4-3-5-16(13)19)12-22-10-7-14(8-11-22)18(23)17-6-9-20-21(17)2/h3-6,9,14,18,23H,7-8,10-12H2,1-2H3. The molecule has 1 atom stereocenters. The maximum atomic E-state index is 10.6. The van der Waals surface area contributed by atoms with Crippen molar-refractivity contribution in [1.82, 2.24) is 14.7 Å². The summed E-state index contributed by atoms with van der Waals surface area (Å²) in [5.74, 6) is 0.308. The molecule has 2 heterocycles. The molecule has 1 fully saturated rings. The average molecular weight is 334 g/mol. The maximum Gasteiger partial charge on any atom is 0.0985 e. The molecule has 1 saturated heterocycles. The Morgan fingerprint density at radius 3 is 2.70 bits per heavy atom. The van der Waals surface area contributed by atoms with E-state index < -0.39 is 6.10 Å². The number of likely N-dealkylation sites (tertiary alicyclic amines) is 1. The molecule has 1 aromatic carbocycles. The van der Waals surface area contributed by atoms with E-state index in [1.165, 1.54) is 11.1 Å². The van der Waals surface area contributed by atoms with Crippen LogP contribution in [0.25, 0.3) is 0 Å². The highest BCUT2D eigenvalue weighted by Crippen LogP contribution is 2.31. The lowest BCUT2D eigenvalue weighted by Crippen LogP contribution is -2.35. The van der Waals surface area contributed by atoms with Crippen LogP contribution in [0.3, 0.4) is 0 Å². The predicted octanol–water partition coefficient (Wildman–Crippen LogP) is 3.33. The number of nitrogens with zero attached hydrogens (tertiary/aromatic N) is 3. The summed E-state index contributed by atoms with van der Waals surface area (Å²) in [6.45, 7) is 5.02. The molecule has 1 aliphatic heterocycles. The van der Waals surface area contributed by atoms with Gasteiger partial charge in [0.1, 0.15) is 0 Å². The van der Waals surface area contributed by atoms with Crippen molar-refractivity contribution in [3.63, 3.8) is 0 Å². The van der Waals surface area contributed by atoms with Gasteiger partial charge < -0.3 is 5.11 Å². The van der Waals surface area contributed by atoms with Gasteiger partial charge in [0.25, 0.3) is 0 Å². The monoisotopic (exact) mass is 333 g/mol. The predicted molar refractivity (Wildman–Crippen MR) is 92.4 cm³/mol. The Bertz CT molecular complexity index is 662. The van der Waals surface area contributed by atoms with Crippen molar-refractivity contribution < 1.29 is 5.11 Å². The van der Waals surface area contributed by atoms with E-state index in [-0.39, 0.29) is 0 Å². The van der Waals surface area contributed by atoms with E-state index >= 15 is 0 Å². The fourth-order valence-electron chi connectivity index (χ4n) is 3.41. The normalized spacial score (nSPS) is 18.3. The third-order valence-electron chi connectivity index (χ3n) is 5.01. The molecule has 4 nitrogen and oxygen atoms in total. The number of piperidine rings is 1. The molecule has 0 radical (unpaired) electrons. The Kier molecular flexibility index (Phi) is 5.05. The smallest absolute Gasteiger partial charge is 0.0985 e. The summed E-state index contributed by atoms with van der Waals surface area (Å²) in [5.41, 5.74) is 3.38. The Morgan fingerprint density at radius 2 is 2.04 bits per heavy atom. The van der Waals surface area contributed by atoms with E-state index in [0.29, 0.717) is 5.92 Å². The van der Waals surface area contributed by atoms with Gasteiger partial charge in [-0.3, -0.25) is 9.58 Å². The minimum absolute atomic E-state index is 0.308. The van der Waals surface area contributed by atoms with E-state index in [1.807, 2.05) is 25.2 Å². The molecule has 0 amide bonds. The van der Waals surface area contributed by atoms with Crippen LogP contribution < -0.4 is 0 Å². The van der Waals surface area contributed by atoms with Crippen LogP contribution in [0.15, 0.2) is 30.5 Å². The second-order valence-corrected chi connectivity index (χ2v) is 6.87. The first kappa shape index (κ1) is 16.5. The summed E-state index contributed by atoms with van der Waals surface area (Å²) < 4.78 is 1.77. The highest BCUT2D eigenvalue weighted by Gasteiger charge is 2.27. The number of aryl methyl sites for hydroxylation is 1. The zero-order valence-corrected chi connectivity index (χ0v) is 14.5. The fourth-order valence-corrected chi connectivity index (χ4v) is 3.60. The van der Waals surface area contributed by atoms with Crippen molar-refractivity contribution in [1.29, 1.82) is 0 Å². The Labute approximate surface area is 142 Å². The molecule has 0 saturated carbocycles. The molecule has 1 unspecified atom stereocenters. The summed E-state index contributed by atoms with van der Waals surface area (Å²) in [6, 6.07) is 8.02. The highest BCUT2D eigenvalue weighted by atomic mass is 35.5. The number of aliphatic hydroxyl groups excluding tert-OH is 1. The van der Waals surface area contributed by atoms with Crippen molar-refractivity contribution in [2.24, 2.45) is 13.0 Å². The maximum absolute atomic E-state index is 10.6. The number of hydrogen-bond donors (Lipinski definition) is 1. The number of aliphatic hydroxyl groups is 1. The summed E-state index contributed by atoms with van der Waals surface area (Å²) in [5, 5.41) is 15.6. The van der Waals surface area contributed by atoms with Crippen molar-refractivity contribution in [2.45, 2.75) is 32.4 Å². The van der Waals surface area contributed by atoms with Gasteiger partial charge in [-0.1, -0.05) is 23.7 Å². The summed E-state index contributed by atoms with van der Waals surface area (Å²) in [6.07, 6.45) is 3.34. The van der Waals surface area contributed by atoms with Gasteiger partial charge in [-0.15, -0.1) is 0 Å². The average Bonchev–Trinajstić information content (AvgIpc) is 2.98. The Balaban J connectivity index is 1.58. The largest absolute Gasteiger partial charge is 0.387 e. The van der Waals surface area contributed by atoms with E-state index in [0.717, 1.165) is 43.2 Å². The van der Waals surface area contributed by atoms with Crippen molar-refractivity contribution in [2.75, 3.05) is 13.1 Å². The second kappa shape index (κ2) is 7.04. The first-order valence-corrected chi connectivity index (χ1v) is 8.56. The summed E-state index contributed by atoms with van der Waals surface area (Å²) >= 11 is 6.21. The van der Waals surface area contributed by atoms with E-state index in [1.54, 1.807) is 10.9 Å². The van der Waals surface area contributed by atoms with Gasteiger partial charge >= 0.3 is 0 Å². The van der Waals surface area contributed by atoms with Crippen LogP contribution in [0, 0.1) is 12.8 Å². The van der Waals surface area contributed by atoms with Gasteiger partial charge in [-0.25, -0.2) is 0 Å². The lowest BCUT2D eigenvalue weighted by atomic mass is 9.89. The number of aromatic nitrogens is 2. The molecular weight excluding hydrogens is 310 g/mol. The molecule has 1 N–H and O–H groups in total. The lowest BCUT2D eigenvalue weighted by Gasteiger charge is -2.34. The minimum atomic E-state index is -0.419. The number of halogens is 1. The van der Waals surface area contributed by atoms with Crippen molar-refractivity contribution >= 4 is 11.6 Å². The number of benzene rings is 1. The molecule has 0 spiro atoms. The molecule has 124 valence electrons. The van der Waals surface area contributed by atoms with Crippen LogP contribution in [0.5, 0.6) is 0 Å². The fraction of sp³-hybridized carbons (Fsp3) is 0.500. The van der Waals surface area contributed by atoms with Gasteiger partial charge in [-0.05, 0) is 62.0 Å². The van der Waals surface area contributed by atoms with E-state index in [2.05, 4.69) is 23.0 Å². The lowest BCUT2D eigenvalue weighted by molar-refractivity contribution is 0.0514. The molecule has 0 bridgehead atoms. The molecule has 0 aliphatic carbocycles. The number of rotatable bonds is 4. The van der Waals surface area contributed by atoms with Crippen molar-refractivity contribution in [3.8, 4) is 0 Å². The third kappa shape index (κ3) is 3.60. The Hall–Kier alpha value is -1.36. The third-order valence-corrected chi connectivity index (χ3v) is 5.42. The zero-order valence-electron chi connectivity index (χ0n) is 13.7. The highest BCUT2D eigenvalue weighted by molar-refractivity contribution is 6.31. The Morgan fingerprint density at radius 1 is 1.30 bits per heavy atom. The summed E-state index contributed by atoms with van der Waals surface area (Å²) in [7, 11) is 1.88. The van der Waals surface area contributed by atoms with Crippen LogP contribution in [0.1, 0.15) is 35.8 Å². The first-order valence-electron chi connectivity index (χ1n) is 8.18. The van der Waals surface area contributed by atoms with Crippen LogP contribution in [-0.4, -0.2) is 32.9 Å².